The van der Waals surface area contributed by atoms with Gasteiger partial charge in [0.1, 0.15) is 0 Å². The average molecular weight is 334 g/mol. The van der Waals surface area contributed by atoms with Gasteiger partial charge in [0, 0.05) is 26.2 Å². The molecule has 2 fully saturated rings. The maximum absolute atomic E-state index is 14.1. The van der Waals surface area contributed by atoms with E-state index in [0.29, 0.717) is 0 Å². The molecule has 0 radical (unpaired) electrons. The van der Waals surface area contributed by atoms with E-state index >= 15 is 0 Å². The van der Waals surface area contributed by atoms with Gasteiger partial charge in [-0.2, -0.15) is 0 Å². The van der Waals surface area contributed by atoms with Crippen molar-refractivity contribution >= 4 is 18.7 Å². The van der Waals surface area contributed by atoms with Crippen LogP contribution in [0.1, 0.15) is 25.7 Å². The molecule has 0 aromatic heterocycles. The van der Waals surface area contributed by atoms with E-state index < -0.39 is 7.44 Å². The fourth-order valence-electron chi connectivity index (χ4n) is 3.39. The van der Waals surface area contributed by atoms with Crippen LogP contribution in [0, 0.1) is 0 Å². The maximum Gasteiger partial charge on any atom is 0.279 e. The van der Waals surface area contributed by atoms with Gasteiger partial charge >= 0.3 is 0 Å². The molecule has 0 N–H and O–H groups in total. The SMILES string of the molecule is CN(C)[P@@](=O)(C(=Nc1ccccc1)N1CCCC1)N1CCCC1. The molecule has 3 rings (SSSR count). The van der Waals surface area contributed by atoms with Crippen molar-refractivity contribution in [3.8, 4) is 0 Å². The quantitative estimate of drug-likeness (QED) is 0.479. The van der Waals surface area contributed by atoms with Crippen LogP contribution in [0.4, 0.5) is 5.69 Å². The first-order valence-electron chi connectivity index (χ1n) is 8.55. The Morgan fingerprint density at radius 3 is 2.13 bits per heavy atom. The van der Waals surface area contributed by atoms with Crippen molar-refractivity contribution in [1.82, 2.24) is 14.2 Å². The first kappa shape index (κ1) is 16.7. The van der Waals surface area contributed by atoms with E-state index in [4.69, 9.17) is 4.99 Å². The fraction of sp³-hybridized carbons (Fsp3) is 0.588. The first-order valence-corrected chi connectivity index (χ1v) is 10.2. The van der Waals surface area contributed by atoms with E-state index in [-0.39, 0.29) is 0 Å². The summed E-state index contributed by atoms with van der Waals surface area (Å²) in [5, 5.41) is 0. The van der Waals surface area contributed by atoms with Crippen molar-refractivity contribution < 1.29 is 4.57 Å². The van der Waals surface area contributed by atoms with Gasteiger partial charge in [-0.15, -0.1) is 0 Å². The second kappa shape index (κ2) is 7.16. The Morgan fingerprint density at radius 2 is 1.57 bits per heavy atom. The molecule has 0 aliphatic carbocycles. The van der Waals surface area contributed by atoms with Crippen molar-refractivity contribution in [2.45, 2.75) is 25.7 Å². The third-order valence-corrected chi connectivity index (χ3v) is 7.80. The molecule has 0 amide bonds. The molecule has 126 valence electrons. The molecule has 2 heterocycles. The summed E-state index contributed by atoms with van der Waals surface area (Å²) in [4.78, 5) is 7.12. The predicted octanol–water partition coefficient (Wildman–Crippen LogP) is 3.62. The molecule has 1 aromatic carbocycles. The number of para-hydroxylation sites is 1. The lowest BCUT2D eigenvalue weighted by molar-refractivity contribution is 0.419. The Hall–Kier alpha value is -1.16. The lowest BCUT2D eigenvalue weighted by atomic mass is 10.3. The van der Waals surface area contributed by atoms with Crippen molar-refractivity contribution in [3.05, 3.63) is 30.3 Å². The molecule has 0 spiro atoms. The van der Waals surface area contributed by atoms with E-state index in [2.05, 4.69) is 9.57 Å². The molecule has 2 aliphatic rings. The van der Waals surface area contributed by atoms with Crippen molar-refractivity contribution in [2.75, 3.05) is 40.3 Å². The van der Waals surface area contributed by atoms with E-state index in [1.54, 1.807) is 0 Å². The summed E-state index contributed by atoms with van der Waals surface area (Å²) in [6.45, 7) is 3.71. The van der Waals surface area contributed by atoms with Crippen molar-refractivity contribution in [3.63, 3.8) is 0 Å². The zero-order valence-corrected chi connectivity index (χ0v) is 15.1. The molecule has 23 heavy (non-hydrogen) atoms. The molecule has 1 aromatic rings. The Kier molecular flexibility index (Phi) is 5.20. The Bertz CT molecular complexity index is 590. The minimum Gasteiger partial charge on any atom is -0.352 e. The number of aliphatic imine (C=N–C) groups is 1. The summed E-state index contributed by atoms with van der Waals surface area (Å²) in [6.07, 6.45) is 4.55. The lowest BCUT2D eigenvalue weighted by Crippen LogP contribution is -2.38. The van der Waals surface area contributed by atoms with E-state index in [0.717, 1.165) is 63.1 Å². The van der Waals surface area contributed by atoms with Gasteiger partial charge in [-0.3, -0.25) is 4.57 Å². The van der Waals surface area contributed by atoms with Gasteiger partial charge in [0.2, 0.25) is 0 Å². The van der Waals surface area contributed by atoms with Gasteiger partial charge in [0.05, 0.1) is 5.69 Å². The maximum atomic E-state index is 14.1. The van der Waals surface area contributed by atoms with Crippen LogP contribution in [-0.2, 0) is 4.57 Å². The Labute approximate surface area is 139 Å². The van der Waals surface area contributed by atoms with E-state index in [1.807, 2.05) is 49.1 Å². The summed E-state index contributed by atoms with van der Waals surface area (Å²) in [5.41, 5.74) is 1.66. The molecule has 0 unspecified atom stereocenters. The zero-order valence-electron chi connectivity index (χ0n) is 14.2. The highest BCUT2D eigenvalue weighted by Crippen LogP contribution is 2.56. The summed E-state index contributed by atoms with van der Waals surface area (Å²) in [6, 6.07) is 9.93. The molecule has 1 atom stereocenters. The topological polar surface area (TPSA) is 39.2 Å². The number of likely N-dealkylation sites (tertiary alicyclic amines) is 1. The third kappa shape index (κ3) is 3.37. The van der Waals surface area contributed by atoms with Crippen LogP contribution >= 0.6 is 7.44 Å². The van der Waals surface area contributed by atoms with Gasteiger partial charge < -0.3 is 4.90 Å². The highest BCUT2D eigenvalue weighted by atomic mass is 31.2. The molecule has 6 heteroatoms. The number of rotatable bonds is 4. The van der Waals surface area contributed by atoms with Gasteiger partial charge in [-0.1, -0.05) is 18.2 Å². The molecule has 0 saturated carbocycles. The first-order chi connectivity index (χ1) is 11.1. The van der Waals surface area contributed by atoms with Gasteiger partial charge in [0.15, 0.2) is 5.58 Å². The zero-order chi connectivity index (χ0) is 16.3. The molecule has 5 nitrogen and oxygen atoms in total. The minimum atomic E-state index is -2.82. The average Bonchev–Trinajstić information content (AvgIpc) is 3.26. The second-order valence-corrected chi connectivity index (χ2v) is 9.35. The van der Waals surface area contributed by atoms with Crippen LogP contribution in [0.3, 0.4) is 0 Å². The Balaban J connectivity index is 2.05. The minimum absolute atomic E-state index is 0.771. The normalized spacial score (nSPS) is 22.7. The Morgan fingerprint density at radius 1 is 1.00 bits per heavy atom. The van der Waals surface area contributed by atoms with Crippen LogP contribution < -0.4 is 0 Å². The summed E-state index contributed by atoms with van der Waals surface area (Å²) in [5.74, 6) is 0. The molecule has 2 saturated heterocycles. The molecular weight excluding hydrogens is 307 g/mol. The van der Waals surface area contributed by atoms with Gasteiger partial charge in [-0.05, 0) is 51.9 Å². The highest BCUT2D eigenvalue weighted by molar-refractivity contribution is 7.76. The molecule has 0 bridgehead atoms. The summed E-state index contributed by atoms with van der Waals surface area (Å²) >= 11 is 0. The van der Waals surface area contributed by atoms with Crippen molar-refractivity contribution in [2.24, 2.45) is 4.99 Å². The lowest BCUT2D eigenvalue weighted by Gasteiger charge is -2.37. The number of benzene rings is 1. The largest absolute Gasteiger partial charge is 0.352 e. The van der Waals surface area contributed by atoms with Crippen LogP contribution in [0.25, 0.3) is 0 Å². The van der Waals surface area contributed by atoms with Crippen LogP contribution in [0.15, 0.2) is 35.3 Å². The van der Waals surface area contributed by atoms with E-state index in [1.165, 1.54) is 0 Å². The van der Waals surface area contributed by atoms with Crippen LogP contribution in [0.2, 0.25) is 0 Å². The second-order valence-electron chi connectivity index (χ2n) is 6.49. The standard InChI is InChI=1S/C17H27N4OP/c1-19(2)23(22,21-14-8-9-15-21)17(20-12-6-7-13-20)18-16-10-4-3-5-11-16/h3-5,10-11H,6-9,12-15H2,1-2H3/t23-/m0/s1. The molecule has 2 aliphatic heterocycles. The summed E-state index contributed by atoms with van der Waals surface area (Å²) in [7, 11) is 1.03. The highest BCUT2D eigenvalue weighted by Gasteiger charge is 2.43. The van der Waals surface area contributed by atoms with Gasteiger partial charge in [-0.25, -0.2) is 14.3 Å². The number of amidine groups is 1. The predicted molar refractivity (Wildman–Crippen MR) is 96.4 cm³/mol. The monoisotopic (exact) mass is 334 g/mol. The smallest absolute Gasteiger partial charge is 0.279 e. The van der Waals surface area contributed by atoms with E-state index in [9.17, 15) is 4.57 Å². The fourth-order valence-corrected chi connectivity index (χ4v) is 6.14. The molecular formula is C17H27N4OP. The van der Waals surface area contributed by atoms with Gasteiger partial charge in [0.25, 0.3) is 7.44 Å². The number of nitrogens with zero attached hydrogens (tertiary/aromatic N) is 4. The number of hydrogen-bond acceptors (Lipinski definition) is 2. The van der Waals surface area contributed by atoms with Crippen LogP contribution in [0.5, 0.6) is 0 Å². The third-order valence-electron chi connectivity index (χ3n) is 4.64. The van der Waals surface area contributed by atoms with Crippen LogP contribution in [-0.4, -0.2) is 60.1 Å². The summed E-state index contributed by atoms with van der Waals surface area (Å²) < 4.78 is 18.1. The van der Waals surface area contributed by atoms with Crippen molar-refractivity contribution in [1.29, 1.82) is 0 Å². The number of hydrogen-bond donors (Lipinski definition) is 0.